The Morgan fingerprint density at radius 1 is 0.676 bits per heavy atom. The summed E-state index contributed by atoms with van der Waals surface area (Å²) in [6, 6.07) is 3.53. The highest BCUT2D eigenvalue weighted by atomic mass is 16.2. The second-order valence-corrected chi connectivity index (χ2v) is 17.8. The molecule has 0 fully saturated rings. The molecule has 21 heteroatoms. The lowest BCUT2D eigenvalue weighted by atomic mass is 9.82. The van der Waals surface area contributed by atoms with Crippen molar-refractivity contribution >= 4 is 69.7 Å². The molecule has 0 saturated carbocycles. The molecule has 0 aliphatic heterocycles. The third-order valence-corrected chi connectivity index (χ3v) is 12.6. The molecule has 372 valence electrons. The van der Waals surface area contributed by atoms with Crippen LogP contribution in [0.4, 0.5) is 0 Å². The van der Waals surface area contributed by atoms with Gasteiger partial charge in [-0.15, -0.1) is 0 Å². The summed E-state index contributed by atoms with van der Waals surface area (Å²) >= 11 is 0. The molecule has 2 aromatic heterocycles. The van der Waals surface area contributed by atoms with Gasteiger partial charge in [-0.25, -0.2) is 4.98 Å². The number of para-hydroxylation sites is 1. The van der Waals surface area contributed by atoms with Crippen molar-refractivity contribution in [3.8, 4) is 0 Å². The number of ketones is 3. The van der Waals surface area contributed by atoms with Crippen molar-refractivity contribution < 1.29 is 43.2 Å². The van der Waals surface area contributed by atoms with Gasteiger partial charge in [-0.1, -0.05) is 65.7 Å². The number of fused-ring (bicyclic) bond motifs is 1. The molecule has 0 aliphatic carbocycles. The van der Waals surface area contributed by atoms with E-state index in [1.165, 1.54) is 12.5 Å². The molecule has 0 radical (unpaired) electrons. The lowest BCUT2D eigenvalue weighted by Gasteiger charge is -2.29. The maximum atomic E-state index is 14.5. The first-order chi connectivity index (χ1) is 32.1. The number of guanidine groups is 1. The third kappa shape index (κ3) is 17.4. The number of nitrogens with two attached hydrogens (primary N) is 5. The van der Waals surface area contributed by atoms with Gasteiger partial charge >= 0.3 is 0 Å². The number of Topliss-reactive ketones (excluding diaryl/α,β-unsaturated/α-hetero) is 3. The van der Waals surface area contributed by atoms with Crippen molar-refractivity contribution in [1.82, 2.24) is 30.9 Å². The SMILES string of the molecule is CC[C@H](C)[C@H](CC(=O)[C@@H](NC(=O)[C@H](CC(N)=O)CC(=O)[C@@H](C)CCCN=C(N)N)[C@@H](C)CC)C(=O)N[C@@H](Cc1cnc[nH]1)C(=O)C[C@@H](Cc1c[nH]c2ccccc12)C(=O)N[C@@H](CC(N)=O)C(N)=O. The van der Waals surface area contributed by atoms with E-state index >= 15 is 0 Å². The Balaban J connectivity index is 1.91. The van der Waals surface area contributed by atoms with Gasteiger partial charge < -0.3 is 54.6 Å². The first kappa shape index (κ1) is 55.4. The molecule has 15 N–H and O–H groups in total. The first-order valence-corrected chi connectivity index (χ1v) is 23.1. The molecule has 21 nitrogen and oxygen atoms in total. The van der Waals surface area contributed by atoms with E-state index in [9.17, 15) is 43.2 Å². The van der Waals surface area contributed by atoms with Crippen molar-refractivity contribution in [2.75, 3.05) is 6.54 Å². The number of amides is 6. The molecule has 0 aliphatic rings. The maximum Gasteiger partial charge on any atom is 0.240 e. The Morgan fingerprint density at radius 2 is 1.31 bits per heavy atom. The minimum absolute atomic E-state index is 0.00919. The van der Waals surface area contributed by atoms with E-state index in [4.69, 9.17) is 28.7 Å². The van der Waals surface area contributed by atoms with Crippen LogP contribution >= 0.6 is 0 Å². The summed E-state index contributed by atoms with van der Waals surface area (Å²) in [6.07, 6.45) is 4.28. The zero-order valence-corrected chi connectivity index (χ0v) is 39.7. The summed E-state index contributed by atoms with van der Waals surface area (Å²) < 4.78 is 0. The van der Waals surface area contributed by atoms with Crippen molar-refractivity contribution in [2.45, 2.75) is 123 Å². The lowest BCUT2D eigenvalue weighted by Crippen LogP contribution is -2.51. The first-order valence-electron chi connectivity index (χ1n) is 23.1. The molecule has 3 aromatic rings. The highest BCUT2D eigenvalue weighted by Crippen LogP contribution is 2.26. The average molecular weight is 947 g/mol. The van der Waals surface area contributed by atoms with Crippen LogP contribution in [0.2, 0.25) is 0 Å². The predicted molar refractivity (Wildman–Crippen MR) is 254 cm³/mol. The van der Waals surface area contributed by atoms with E-state index < -0.39 is 120 Å². The number of hydrogen-bond donors (Lipinski definition) is 10. The number of nitrogens with one attached hydrogen (secondary N) is 5. The Hall–Kier alpha value is -6.93. The van der Waals surface area contributed by atoms with Crippen LogP contribution in [-0.4, -0.2) is 98.4 Å². The van der Waals surface area contributed by atoms with Crippen LogP contribution in [0.25, 0.3) is 10.9 Å². The monoisotopic (exact) mass is 947 g/mol. The maximum absolute atomic E-state index is 14.5. The van der Waals surface area contributed by atoms with Crippen LogP contribution in [0, 0.1) is 35.5 Å². The normalized spacial score (nSPS) is 15.2. The summed E-state index contributed by atoms with van der Waals surface area (Å²) in [5.74, 6) is -10.8. The predicted octanol–water partition coefficient (Wildman–Crippen LogP) is 0.875. The minimum atomic E-state index is -1.45. The number of imidazole rings is 1. The van der Waals surface area contributed by atoms with E-state index in [-0.39, 0.29) is 37.4 Å². The topological polar surface area (TPSA) is 377 Å². The lowest BCUT2D eigenvalue weighted by molar-refractivity contribution is -0.137. The molecule has 0 spiro atoms. The van der Waals surface area contributed by atoms with Crippen LogP contribution in [0.1, 0.15) is 104 Å². The fourth-order valence-electron chi connectivity index (χ4n) is 8.00. The number of carbonyl (C=O) groups excluding carboxylic acids is 9. The molecule has 0 saturated heterocycles. The molecule has 3 rings (SSSR count). The van der Waals surface area contributed by atoms with Crippen LogP contribution in [0.15, 0.2) is 48.0 Å². The molecule has 1 aromatic carbocycles. The summed E-state index contributed by atoms with van der Waals surface area (Å²) in [4.78, 5) is 135. The van der Waals surface area contributed by atoms with Crippen molar-refractivity contribution in [3.63, 3.8) is 0 Å². The van der Waals surface area contributed by atoms with Gasteiger partial charge in [0.05, 0.1) is 30.7 Å². The fourth-order valence-corrected chi connectivity index (χ4v) is 8.00. The molecule has 68 heavy (non-hydrogen) atoms. The van der Waals surface area contributed by atoms with Crippen LogP contribution in [-0.2, 0) is 56.0 Å². The zero-order chi connectivity index (χ0) is 50.7. The summed E-state index contributed by atoms with van der Waals surface area (Å²) in [7, 11) is 0. The van der Waals surface area contributed by atoms with Crippen molar-refractivity contribution in [3.05, 3.63) is 54.2 Å². The molecule has 9 atom stereocenters. The number of carbonyl (C=O) groups is 9. The van der Waals surface area contributed by atoms with Gasteiger partial charge in [0.25, 0.3) is 0 Å². The largest absolute Gasteiger partial charge is 0.370 e. The zero-order valence-electron chi connectivity index (χ0n) is 39.7. The van der Waals surface area contributed by atoms with Crippen molar-refractivity contribution in [1.29, 1.82) is 0 Å². The molecule has 0 unspecified atom stereocenters. The van der Waals surface area contributed by atoms with E-state index in [0.717, 1.165) is 10.9 Å². The number of H-pyrrole nitrogens is 2. The smallest absolute Gasteiger partial charge is 0.240 e. The summed E-state index contributed by atoms with van der Waals surface area (Å²) in [5.41, 5.74) is 29.0. The molecular weight excluding hydrogens is 877 g/mol. The Labute approximate surface area is 396 Å². The second-order valence-electron chi connectivity index (χ2n) is 17.8. The molecular formula is C47H70N12O9. The van der Waals surface area contributed by atoms with Gasteiger partial charge in [-0.2, -0.15) is 0 Å². The van der Waals surface area contributed by atoms with Gasteiger partial charge in [0.1, 0.15) is 11.8 Å². The van der Waals surface area contributed by atoms with Crippen LogP contribution in [0.3, 0.4) is 0 Å². The quantitative estimate of drug-likeness (QED) is 0.0237. The van der Waals surface area contributed by atoms with Crippen LogP contribution < -0.4 is 44.6 Å². The van der Waals surface area contributed by atoms with E-state index in [1.807, 2.05) is 38.1 Å². The van der Waals surface area contributed by atoms with E-state index in [2.05, 4.69) is 35.9 Å². The summed E-state index contributed by atoms with van der Waals surface area (Å²) in [6.45, 7) is 9.23. The Bertz CT molecular complexity index is 2250. The highest BCUT2D eigenvalue weighted by molar-refractivity contribution is 5.98. The summed E-state index contributed by atoms with van der Waals surface area (Å²) in [5, 5.41) is 8.90. The second kappa shape index (κ2) is 27.0. The Kier molecular flexibility index (Phi) is 22.0. The van der Waals surface area contributed by atoms with Gasteiger partial charge in [-0.05, 0) is 42.7 Å². The van der Waals surface area contributed by atoms with Gasteiger partial charge in [0.15, 0.2) is 17.5 Å². The standard InChI is InChI=1S/C47H70N12O9/c1-6-25(3)33(20-39(62)42(26(4)7-2)59-45(67)29(18-40(48)63)16-37(60)27(5)11-10-14-54-47(51)52)46(68)57-35(19-31-23-53-24-56-31)38(61)17-28(44(66)58-36(43(50)65)21-41(49)64)15-30-22-55-34-13-9-8-12-32(30)34/h8-9,12-13,22-29,33,35-36,42,55H,6-7,10-11,14-21H2,1-5H3,(H2,48,63)(H2,49,64)(H2,50,65)(H,53,56)(H,57,68)(H,58,66)(H,59,67)(H4,51,52,54)/t25-,26-,27-,28+,29-,33-,35-,36-,42-/m0/s1. The van der Waals surface area contributed by atoms with Crippen molar-refractivity contribution in [2.24, 2.45) is 69.2 Å². The molecule has 2 heterocycles. The highest BCUT2D eigenvalue weighted by Gasteiger charge is 2.37. The number of aromatic amines is 2. The minimum Gasteiger partial charge on any atom is -0.370 e. The Morgan fingerprint density at radius 3 is 1.91 bits per heavy atom. The number of benzene rings is 1. The molecule has 6 amide bonds. The van der Waals surface area contributed by atoms with Gasteiger partial charge in [-0.3, -0.25) is 48.1 Å². The van der Waals surface area contributed by atoms with E-state index in [0.29, 0.717) is 43.5 Å². The number of aromatic nitrogens is 3. The van der Waals surface area contributed by atoms with Crippen LogP contribution in [0.5, 0.6) is 0 Å². The van der Waals surface area contributed by atoms with E-state index in [1.54, 1.807) is 27.0 Å². The number of hydrogen-bond acceptors (Lipinski definition) is 11. The van der Waals surface area contributed by atoms with Gasteiger partial charge in [0, 0.05) is 85.4 Å². The third-order valence-electron chi connectivity index (χ3n) is 12.6. The van der Waals surface area contributed by atoms with Gasteiger partial charge in [0.2, 0.25) is 35.4 Å². The number of primary amides is 3. The number of nitrogens with zero attached hydrogens (tertiary/aromatic N) is 2. The number of aliphatic imine (C=N–C) groups is 1. The number of rotatable bonds is 32. The molecule has 0 bridgehead atoms. The fraction of sp³-hybridized carbons (Fsp3) is 0.553. The average Bonchev–Trinajstić information content (AvgIpc) is 3.96.